The van der Waals surface area contributed by atoms with E-state index in [1.165, 1.54) is 16.7 Å². The zero-order valence-corrected chi connectivity index (χ0v) is 10.7. The Morgan fingerprint density at radius 1 is 1.00 bits per heavy atom. The number of hydrogen-bond donors (Lipinski definition) is 0. The highest BCUT2D eigenvalue weighted by molar-refractivity contribution is 5.25. The summed E-state index contributed by atoms with van der Waals surface area (Å²) in [6.07, 6.45) is 0.112. The van der Waals surface area contributed by atoms with Crippen molar-refractivity contribution in [3.05, 3.63) is 71.3 Å². The molecule has 1 fully saturated rings. The summed E-state index contributed by atoms with van der Waals surface area (Å²) in [4.78, 5) is 5.69. The van der Waals surface area contributed by atoms with Crippen LogP contribution in [0.25, 0.3) is 0 Å². The standard InChI is InChI=1S/C16H17NO/c1-12-8-10-15(11-9-12)16-17(18-16)13(2)14-6-4-3-5-7-14/h3-11,13,16H,1-2H3/t13-,16-,17?/m0/s1. The van der Waals surface area contributed by atoms with Gasteiger partial charge in [0.2, 0.25) is 0 Å². The van der Waals surface area contributed by atoms with Gasteiger partial charge < -0.3 is 0 Å². The lowest BCUT2D eigenvalue weighted by Crippen LogP contribution is -2.05. The monoisotopic (exact) mass is 239 g/mol. The summed E-state index contributed by atoms with van der Waals surface area (Å²) >= 11 is 0. The van der Waals surface area contributed by atoms with Crippen LogP contribution in [-0.2, 0) is 4.84 Å². The Kier molecular flexibility index (Phi) is 2.90. The molecule has 0 aromatic heterocycles. The molecule has 92 valence electrons. The Hall–Kier alpha value is -1.64. The smallest absolute Gasteiger partial charge is 0.180 e. The molecule has 0 N–H and O–H groups in total. The van der Waals surface area contributed by atoms with Crippen molar-refractivity contribution in [3.63, 3.8) is 0 Å². The first-order valence-electron chi connectivity index (χ1n) is 6.32. The molecule has 2 aromatic rings. The molecule has 0 spiro atoms. The van der Waals surface area contributed by atoms with Crippen molar-refractivity contribution >= 4 is 0 Å². The normalized spacial score (nSPS) is 23.7. The van der Waals surface area contributed by atoms with Crippen molar-refractivity contribution in [2.24, 2.45) is 0 Å². The minimum Gasteiger partial charge on any atom is -0.269 e. The van der Waals surface area contributed by atoms with Gasteiger partial charge in [-0.05, 0) is 25.0 Å². The van der Waals surface area contributed by atoms with E-state index in [9.17, 15) is 0 Å². The fourth-order valence-electron chi connectivity index (χ4n) is 2.20. The molecule has 2 nitrogen and oxygen atoms in total. The van der Waals surface area contributed by atoms with Crippen molar-refractivity contribution in [2.45, 2.75) is 26.1 Å². The number of benzene rings is 2. The van der Waals surface area contributed by atoms with E-state index in [2.05, 4.69) is 62.4 Å². The predicted molar refractivity (Wildman–Crippen MR) is 71.7 cm³/mol. The molecule has 1 heterocycles. The SMILES string of the molecule is Cc1ccc([C@@H]2ON2[C@@H](C)c2ccccc2)cc1. The molecule has 18 heavy (non-hydrogen) atoms. The van der Waals surface area contributed by atoms with Crippen LogP contribution < -0.4 is 0 Å². The van der Waals surface area contributed by atoms with E-state index < -0.39 is 0 Å². The molecule has 0 amide bonds. The Labute approximate surface area is 108 Å². The molecule has 1 saturated heterocycles. The third kappa shape index (κ3) is 2.17. The number of hydrogen-bond acceptors (Lipinski definition) is 2. The molecule has 0 saturated carbocycles. The molecule has 2 aromatic carbocycles. The quantitative estimate of drug-likeness (QED) is 0.752. The highest BCUT2D eigenvalue weighted by Crippen LogP contribution is 2.44. The minimum absolute atomic E-state index is 0.112. The van der Waals surface area contributed by atoms with Crippen molar-refractivity contribution < 1.29 is 4.84 Å². The maximum Gasteiger partial charge on any atom is 0.180 e. The van der Waals surface area contributed by atoms with Crippen molar-refractivity contribution in [2.75, 3.05) is 0 Å². The van der Waals surface area contributed by atoms with E-state index in [1.807, 2.05) is 11.1 Å². The summed E-state index contributed by atoms with van der Waals surface area (Å²) in [6.45, 7) is 4.27. The maximum absolute atomic E-state index is 5.69. The predicted octanol–water partition coefficient (Wildman–Crippen LogP) is 4.00. The lowest BCUT2D eigenvalue weighted by Gasteiger charge is -2.10. The summed E-state index contributed by atoms with van der Waals surface area (Å²) in [7, 11) is 0. The van der Waals surface area contributed by atoms with Gasteiger partial charge in [0.1, 0.15) is 0 Å². The fourth-order valence-corrected chi connectivity index (χ4v) is 2.20. The van der Waals surface area contributed by atoms with E-state index in [0.29, 0.717) is 0 Å². The summed E-state index contributed by atoms with van der Waals surface area (Å²) in [5.41, 5.74) is 3.79. The van der Waals surface area contributed by atoms with Crippen molar-refractivity contribution in [1.29, 1.82) is 0 Å². The third-order valence-electron chi connectivity index (χ3n) is 3.43. The molecule has 1 aliphatic rings. The number of aryl methyl sites for hydroxylation is 1. The molecule has 0 bridgehead atoms. The highest BCUT2D eigenvalue weighted by Gasteiger charge is 2.42. The van der Waals surface area contributed by atoms with E-state index in [-0.39, 0.29) is 12.3 Å². The molecular weight excluding hydrogens is 222 g/mol. The Balaban J connectivity index is 1.72. The largest absolute Gasteiger partial charge is 0.269 e. The second kappa shape index (κ2) is 4.56. The van der Waals surface area contributed by atoms with Gasteiger partial charge in [-0.2, -0.15) is 0 Å². The molecule has 1 aliphatic heterocycles. The van der Waals surface area contributed by atoms with E-state index in [0.717, 1.165) is 0 Å². The maximum atomic E-state index is 5.69. The Morgan fingerprint density at radius 2 is 1.67 bits per heavy atom. The van der Waals surface area contributed by atoms with Crippen LogP contribution in [0.5, 0.6) is 0 Å². The van der Waals surface area contributed by atoms with Gasteiger partial charge in [0.25, 0.3) is 0 Å². The molecule has 3 rings (SSSR count). The molecule has 3 atom stereocenters. The van der Waals surface area contributed by atoms with Crippen LogP contribution in [0, 0.1) is 6.92 Å². The van der Waals surface area contributed by atoms with E-state index >= 15 is 0 Å². The van der Waals surface area contributed by atoms with Crippen LogP contribution in [0.1, 0.15) is 35.9 Å². The van der Waals surface area contributed by atoms with Crippen LogP contribution in [0.15, 0.2) is 54.6 Å². The van der Waals surface area contributed by atoms with Gasteiger partial charge in [0, 0.05) is 0 Å². The van der Waals surface area contributed by atoms with Gasteiger partial charge in [0.15, 0.2) is 6.23 Å². The van der Waals surface area contributed by atoms with Gasteiger partial charge >= 0.3 is 0 Å². The minimum atomic E-state index is 0.112. The summed E-state index contributed by atoms with van der Waals surface area (Å²) < 4.78 is 0. The first kappa shape index (κ1) is 11.5. The Morgan fingerprint density at radius 3 is 2.33 bits per heavy atom. The highest BCUT2D eigenvalue weighted by atomic mass is 16.8. The zero-order valence-electron chi connectivity index (χ0n) is 10.7. The molecular formula is C16H17NO. The molecule has 0 radical (unpaired) electrons. The number of rotatable bonds is 3. The lowest BCUT2D eigenvalue weighted by atomic mass is 10.1. The number of hydroxylamine groups is 2. The summed E-state index contributed by atoms with van der Waals surface area (Å²) in [5.74, 6) is 0. The molecule has 1 unspecified atom stereocenters. The van der Waals surface area contributed by atoms with Crippen molar-refractivity contribution in [1.82, 2.24) is 5.06 Å². The lowest BCUT2D eigenvalue weighted by molar-refractivity contribution is 0.155. The van der Waals surface area contributed by atoms with E-state index in [4.69, 9.17) is 4.84 Å². The second-order valence-corrected chi connectivity index (χ2v) is 4.81. The fraction of sp³-hybridized carbons (Fsp3) is 0.250. The van der Waals surface area contributed by atoms with Gasteiger partial charge in [0.05, 0.1) is 6.04 Å². The van der Waals surface area contributed by atoms with Crippen LogP contribution in [0.3, 0.4) is 0 Å². The molecule has 0 aliphatic carbocycles. The first-order valence-corrected chi connectivity index (χ1v) is 6.32. The van der Waals surface area contributed by atoms with Gasteiger partial charge in [-0.1, -0.05) is 60.2 Å². The summed E-state index contributed by atoms with van der Waals surface area (Å²) in [6, 6.07) is 19.3. The van der Waals surface area contributed by atoms with Crippen LogP contribution in [-0.4, -0.2) is 5.06 Å². The van der Waals surface area contributed by atoms with Crippen LogP contribution in [0.4, 0.5) is 0 Å². The van der Waals surface area contributed by atoms with Gasteiger partial charge in [-0.15, -0.1) is 5.06 Å². The Bertz CT molecular complexity index is 521. The molecule has 2 heteroatoms. The average Bonchev–Trinajstić information content (AvgIpc) is 3.20. The van der Waals surface area contributed by atoms with Crippen LogP contribution >= 0.6 is 0 Å². The number of nitrogens with zero attached hydrogens (tertiary/aromatic N) is 1. The summed E-state index contributed by atoms with van der Waals surface area (Å²) in [5, 5.41) is 2.04. The van der Waals surface area contributed by atoms with Crippen LogP contribution in [0.2, 0.25) is 0 Å². The van der Waals surface area contributed by atoms with Gasteiger partial charge in [-0.3, -0.25) is 4.84 Å². The van der Waals surface area contributed by atoms with Crippen molar-refractivity contribution in [3.8, 4) is 0 Å². The first-order chi connectivity index (χ1) is 8.75. The second-order valence-electron chi connectivity index (χ2n) is 4.81. The topological polar surface area (TPSA) is 15.5 Å². The average molecular weight is 239 g/mol. The van der Waals surface area contributed by atoms with Gasteiger partial charge in [-0.25, -0.2) is 0 Å². The van der Waals surface area contributed by atoms with E-state index in [1.54, 1.807) is 0 Å². The zero-order chi connectivity index (χ0) is 12.5. The third-order valence-corrected chi connectivity index (χ3v) is 3.43.